The van der Waals surface area contributed by atoms with Crippen LogP contribution in [0.1, 0.15) is 39.0 Å². The third kappa shape index (κ3) is 4.08. The van der Waals surface area contributed by atoms with Crippen molar-refractivity contribution >= 4 is 22.0 Å². The lowest BCUT2D eigenvalue weighted by atomic mass is 9.81. The van der Waals surface area contributed by atoms with Gasteiger partial charge in [-0.3, -0.25) is 15.1 Å². The zero-order chi connectivity index (χ0) is 21.7. The van der Waals surface area contributed by atoms with Crippen LogP contribution in [0.4, 0.5) is 4.79 Å². The van der Waals surface area contributed by atoms with Crippen molar-refractivity contribution in [2.45, 2.75) is 55.9 Å². The summed E-state index contributed by atoms with van der Waals surface area (Å²) < 4.78 is 28.6. The second-order valence-electron chi connectivity index (χ2n) is 9.47. The van der Waals surface area contributed by atoms with Crippen LogP contribution in [0.3, 0.4) is 0 Å². The van der Waals surface area contributed by atoms with Crippen LogP contribution in [-0.2, 0) is 14.8 Å². The number of fused-ring (bicyclic) bond motifs is 1. The molecule has 4 atom stereocenters. The lowest BCUT2D eigenvalue weighted by molar-refractivity contribution is -0.140. The Morgan fingerprint density at radius 3 is 2.70 bits per heavy atom. The Balaban J connectivity index is 1.45. The Hall–Kier alpha value is -1.67. The van der Waals surface area contributed by atoms with E-state index in [-0.39, 0.29) is 35.9 Å². The van der Waals surface area contributed by atoms with Gasteiger partial charge in [-0.1, -0.05) is 5.92 Å². The fourth-order valence-corrected chi connectivity index (χ4v) is 6.91. The van der Waals surface area contributed by atoms with E-state index < -0.39 is 21.2 Å². The molecule has 2 N–H and O–H groups in total. The first-order chi connectivity index (χ1) is 14.1. The molecular formula is C20H31N5O4S. The molecule has 3 amide bonds. The summed E-state index contributed by atoms with van der Waals surface area (Å²) in [6, 6.07) is -0.523. The van der Waals surface area contributed by atoms with Gasteiger partial charge in [0.1, 0.15) is 0 Å². The van der Waals surface area contributed by atoms with E-state index in [1.165, 1.54) is 4.90 Å². The molecule has 0 aromatic heterocycles. The molecule has 9 nitrogen and oxygen atoms in total. The predicted octanol–water partition coefficient (Wildman–Crippen LogP) is -0.0408. The third-order valence-corrected chi connectivity index (χ3v) is 9.09. The Morgan fingerprint density at radius 2 is 2.03 bits per heavy atom. The fourth-order valence-electron chi connectivity index (χ4n) is 4.95. The van der Waals surface area contributed by atoms with Crippen molar-refractivity contribution in [2.24, 2.45) is 11.8 Å². The summed E-state index contributed by atoms with van der Waals surface area (Å²) in [6.45, 7) is 4.01. The van der Waals surface area contributed by atoms with Crippen LogP contribution in [-0.4, -0.2) is 85.2 Å². The molecule has 0 aromatic carbocycles. The van der Waals surface area contributed by atoms with E-state index in [4.69, 9.17) is 6.42 Å². The first-order valence-electron chi connectivity index (χ1n) is 10.7. The van der Waals surface area contributed by atoms with Crippen LogP contribution in [0.5, 0.6) is 0 Å². The number of hydrogen-bond donors (Lipinski definition) is 2. The molecule has 4 rings (SSSR count). The van der Waals surface area contributed by atoms with E-state index in [1.54, 1.807) is 11.9 Å². The summed E-state index contributed by atoms with van der Waals surface area (Å²) in [5, 5.41) is 1.31. The minimum atomic E-state index is -3.50. The largest absolute Gasteiger partial charge is 0.326 e. The van der Waals surface area contributed by atoms with Crippen LogP contribution in [0.15, 0.2) is 0 Å². The molecule has 0 aromatic rings. The van der Waals surface area contributed by atoms with Gasteiger partial charge in [0.2, 0.25) is 15.9 Å². The highest BCUT2D eigenvalue weighted by molar-refractivity contribution is 7.90. The molecular weight excluding hydrogens is 406 g/mol. The lowest BCUT2D eigenvalue weighted by Gasteiger charge is -2.47. The van der Waals surface area contributed by atoms with Crippen molar-refractivity contribution in [3.05, 3.63) is 0 Å². The molecule has 4 fully saturated rings. The number of hydrazine groups is 1. The Labute approximate surface area is 178 Å². The molecule has 2 heterocycles. The van der Waals surface area contributed by atoms with Crippen LogP contribution in [0.25, 0.3) is 0 Å². The fraction of sp³-hybridized carbons (Fsp3) is 0.800. The van der Waals surface area contributed by atoms with Crippen LogP contribution in [0.2, 0.25) is 0 Å². The van der Waals surface area contributed by atoms with E-state index in [0.29, 0.717) is 39.0 Å². The topological polar surface area (TPSA) is 102 Å². The number of amides is 3. The highest BCUT2D eigenvalue weighted by atomic mass is 32.2. The molecule has 2 aliphatic heterocycles. The molecule has 0 radical (unpaired) electrons. The molecule has 4 aliphatic rings. The van der Waals surface area contributed by atoms with Gasteiger partial charge in [-0.2, -0.15) is 0 Å². The Bertz CT molecular complexity index is 865. The standard InChI is InChI=1S/C20H31N5O4S/c1-4-9-24-12-14(11-21-24)13-25-18(26)16-10-15(5-6-17(16)23(3)19(25)27)30(28,29)22-20(2)7-8-20/h1,14-17,21-22H,5-13H2,2-3H3. The number of imide groups is 1. The van der Waals surface area contributed by atoms with E-state index in [2.05, 4.69) is 16.1 Å². The zero-order valence-electron chi connectivity index (χ0n) is 17.6. The summed E-state index contributed by atoms with van der Waals surface area (Å²) in [5.74, 6) is 1.95. The number of sulfonamides is 1. The first-order valence-corrected chi connectivity index (χ1v) is 12.2. The molecule has 4 unspecified atom stereocenters. The number of nitrogens with zero attached hydrogens (tertiary/aromatic N) is 3. The Morgan fingerprint density at radius 1 is 1.30 bits per heavy atom. The highest BCUT2D eigenvalue weighted by Gasteiger charge is 2.51. The number of nitrogens with one attached hydrogen (secondary N) is 2. The van der Waals surface area contributed by atoms with Gasteiger partial charge in [-0.15, -0.1) is 6.42 Å². The van der Waals surface area contributed by atoms with Crippen molar-refractivity contribution in [2.75, 3.05) is 33.2 Å². The number of carbonyl (C=O) groups is 2. The van der Waals surface area contributed by atoms with Crippen LogP contribution < -0.4 is 10.1 Å². The van der Waals surface area contributed by atoms with Gasteiger partial charge in [0, 0.05) is 44.2 Å². The van der Waals surface area contributed by atoms with Gasteiger partial charge in [-0.25, -0.2) is 22.9 Å². The van der Waals surface area contributed by atoms with Crippen LogP contribution in [0, 0.1) is 24.2 Å². The second kappa shape index (κ2) is 7.79. The maximum absolute atomic E-state index is 13.3. The van der Waals surface area contributed by atoms with Crippen molar-refractivity contribution < 1.29 is 18.0 Å². The van der Waals surface area contributed by atoms with Gasteiger partial charge in [0.25, 0.3) is 0 Å². The molecule has 0 spiro atoms. The van der Waals surface area contributed by atoms with Crippen molar-refractivity contribution in [1.82, 2.24) is 25.0 Å². The molecule has 2 aliphatic carbocycles. The summed E-state index contributed by atoms with van der Waals surface area (Å²) in [7, 11) is -1.78. The second-order valence-corrected chi connectivity index (χ2v) is 11.4. The monoisotopic (exact) mass is 437 g/mol. The average Bonchev–Trinajstić information content (AvgIpc) is 3.24. The van der Waals surface area contributed by atoms with E-state index in [0.717, 1.165) is 12.8 Å². The van der Waals surface area contributed by atoms with Gasteiger partial charge < -0.3 is 4.90 Å². The average molecular weight is 438 g/mol. The number of hydrogen-bond acceptors (Lipinski definition) is 6. The van der Waals surface area contributed by atoms with Crippen molar-refractivity contribution in [3.63, 3.8) is 0 Å². The summed E-state index contributed by atoms with van der Waals surface area (Å²) in [5.41, 5.74) is 2.86. The van der Waals surface area contributed by atoms with Crippen molar-refractivity contribution in [3.8, 4) is 12.3 Å². The smallest absolute Gasteiger partial charge is 0.324 e. The zero-order valence-corrected chi connectivity index (χ0v) is 18.5. The maximum Gasteiger partial charge on any atom is 0.326 e. The molecule has 2 saturated heterocycles. The van der Waals surface area contributed by atoms with Crippen molar-refractivity contribution in [1.29, 1.82) is 0 Å². The van der Waals surface area contributed by atoms with Gasteiger partial charge >= 0.3 is 6.03 Å². The van der Waals surface area contributed by atoms with E-state index >= 15 is 0 Å². The number of carbonyl (C=O) groups excluding carboxylic acids is 2. The normalized spacial score (nSPS) is 34.0. The third-order valence-electron chi connectivity index (χ3n) is 7.01. The number of urea groups is 1. The summed E-state index contributed by atoms with van der Waals surface area (Å²) in [6.07, 6.45) is 8.30. The SMILES string of the molecule is C#CCN1CC(CN2C(=O)C3CC(S(=O)(=O)NC4(C)CC4)CCC3N(C)C2=O)CN1. The molecule has 30 heavy (non-hydrogen) atoms. The highest BCUT2D eigenvalue weighted by Crippen LogP contribution is 2.39. The maximum atomic E-state index is 13.3. The van der Waals surface area contributed by atoms with Crippen LogP contribution >= 0.6 is 0 Å². The van der Waals surface area contributed by atoms with Gasteiger partial charge in [0.15, 0.2) is 0 Å². The summed E-state index contributed by atoms with van der Waals surface area (Å²) >= 11 is 0. The molecule has 0 bridgehead atoms. The molecule has 166 valence electrons. The lowest BCUT2D eigenvalue weighted by Crippen LogP contribution is -2.63. The van der Waals surface area contributed by atoms with Gasteiger partial charge in [0.05, 0.1) is 17.7 Å². The quantitative estimate of drug-likeness (QED) is 0.566. The number of terminal acetylenes is 1. The minimum absolute atomic E-state index is 0.0933. The van der Waals surface area contributed by atoms with E-state index in [1.807, 2.05) is 11.9 Å². The number of rotatable bonds is 6. The minimum Gasteiger partial charge on any atom is -0.324 e. The first kappa shape index (κ1) is 21.6. The summed E-state index contributed by atoms with van der Waals surface area (Å²) in [4.78, 5) is 29.1. The molecule has 10 heteroatoms. The van der Waals surface area contributed by atoms with E-state index in [9.17, 15) is 18.0 Å². The van der Waals surface area contributed by atoms with Gasteiger partial charge in [-0.05, 0) is 39.0 Å². The Kier molecular flexibility index (Phi) is 5.60. The predicted molar refractivity (Wildman–Crippen MR) is 111 cm³/mol. The molecule has 2 saturated carbocycles.